The van der Waals surface area contributed by atoms with Crippen molar-refractivity contribution in [2.75, 3.05) is 13.1 Å². The van der Waals surface area contributed by atoms with Crippen molar-refractivity contribution in [3.05, 3.63) is 35.4 Å². The number of amides is 1. The first-order valence-electron chi connectivity index (χ1n) is 10.7. The van der Waals surface area contributed by atoms with Gasteiger partial charge in [0.25, 0.3) is 0 Å². The first-order chi connectivity index (χ1) is 13.7. The molecule has 0 spiro atoms. The number of nitriles is 1. The highest BCUT2D eigenvalue weighted by atomic mass is 16.2. The van der Waals surface area contributed by atoms with Crippen LogP contribution < -0.4 is 5.32 Å². The van der Waals surface area contributed by atoms with Gasteiger partial charge in [-0.15, -0.1) is 0 Å². The summed E-state index contributed by atoms with van der Waals surface area (Å²) in [5.41, 5.74) is 2.92. The third-order valence-corrected chi connectivity index (χ3v) is 6.76. The molecule has 0 radical (unpaired) electrons. The summed E-state index contributed by atoms with van der Waals surface area (Å²) in [7, 11) is 0. The number of hydrogen-bond acceptors (Lipinski definition) is 4. The van der Waals surface area contributed by atoms with Crippen LogP contribution in [0.1, 0.15) is 49.7 Å². The van der Waals surface area contributed by atoms with E-state index in [-0.39, 0.29) is 23.7 Å². The Morgan fingerprint density at radius 2 is 1.93 bits per heavy atom. The maximum absolute atomic E-state index is 12.9. The molecule has 0 saturated carbocycles. The fraction of sp³-hybridized carbons (Fsp3) is 0.609. The second-order valence-electron chi connectivity index (χ2n) is 8.55. The lowest BCUT2D eigenvalue weighted by Gasteiger charge is -2.26. The van der Waals surface area contributed by atoms with E-state index in [4.69, 9.17) is 0 Å². The number of nitrogens with one attached hydrogen (secondary N) is 1. The quantitative estimate of drug-likeness (QED) is 0.825. The van der Waals surface area contributed by atoms with Crippen molar-refractivity contribution in [3.63, 3.8) is 0 Å². The lowest BCUT2D eigenvalue weighted by Crippen LogP contribution is -2.49. The molecule has 5 nitrogen and oxygen atoms in total. The van der Waals surface area contributed by atoms with Crippen LogP contribution in [-0.2, 0) is 22.4 Å². The number of carbonyl (C=O) groups excluding carboxylic acids is 2. The summed E-state index contributed by atoms with van der Waals surface area (Å²) in [5.74, 6) is 0.580. The molecule has 148 valence electrons. The normalized spacial score (nSPS) is 27.0. The largest absolute Gasteiger partial charge is 0.325 e. The molecule has 1 aliphatic carbocycles. The summed E-state index contributed by atoms with van der Waals surface area (Å²) in [5, 5.41) is 12.5. The molecule has 1 amide bonds. The number of hydrogen-bond donors (Lipinski definition) is 1. The van der Waals surface area contributed by atoms with Gasteiger partial charge < -0.3 is 10.2 Å². The fourth-order valence-electron chi connectivity index (χ4n) is 5.26. The van der Waals surface area contributed by atoms with Gasteiger partial charge in [0.1, 0.15) is 11.8 Å². The molecule has 28 heavy (non-hydrogen) atoms. The Balaban J connectivity index is 1.27. The van der Waals surface area contributed by atoms with Crippen LogP contribution >= 0.6 is 0 Å². The number of Topliss-reactive ketones (excluding diaryl/α,β-unsaturated/α-hetero) is 1. The van der Waals surface area contributed by atoms with Crippen molar-refractivity contribution < 1.29 is 9.59 Å². The highest BCUT2D eigenvalue weighted by Gasteiger charge is 2.41. The van der Waals surface area contributed by atoms with E-state index < -0.39 is 6.04 Å². The molecule has 1 aromatic rings. The zero-order valence-electron chi connectivity index (χ0n) is 16.4. The minimum absolute atomic E-state index is 0.0499. The number of rotatable bonds is 6. The van der Waals surface area contributed by atoms with Gasteiger partial charge in [0.05, 0.1) is 12.1 Å². The third kappa shape index (κ3) is 3.84. The standard InChI is InChI=1S/C23H29N3O2/c24-15-19-8-4-12-26(19)23(28)22-20(10-11-25-22)21(27)9-3-5-16-13-17-6-1-2-7-18(17)14-16/h1-2,6-7,16,19-20,22,25H,3-5,8-14H2/t19-,20?,22+/m0/s1. The van der Waals surface area contributed by atoms with E-state index >= 15 is 0 Å². The molecular formula is C23H29N3O2. The Kier molecular flexibility index (Phi) is 5.77. The number of ketones is 1. The lowest BCUT2D eigenvalue weighted by atomic mass is 9.90. The maximum atomic E-state index is 12.9. The van der Waals surface area contributed by atoms with E-state index in [1.807, 2.05) is 0 Å². The summed E-state index contributed by atoms with van der Waals surface area (Å²) in [4.78, 5) is 27.4. The summed E-state index contributed by atoms with van der Waals surface area (Å²) < 4.78 is 0. The van der Waals surface area contributed by atoms with Gasteiger partial charge in [0.15, 0.2) is 0 Å². The Hall–Kier alpha value is -2.19. The summed E-state index contributed by atoms with van der Waals surface area (Å²) in [6.45, 7) is 1.34. The molecule has 0 aromatic heterocycles. The SMILES string of the molecule is N#C[C@@H]1CCCN1C(=O)[C@@H]1NCCC1C(=O)CCCC1Cc2ccccc2C1. The van der Waals surface area contributed by atoms with Crippen molar-refractivity contribution >= 4 is 11.7 Å². The molecule has 3 aliphatic rings. The zero-order valence-corrected chi connectivity index (χ0v) is 16.4. The Bertz CT molecular complexity index is 759. The zero-order chi connectivity index (χ0) is 19.5. The topological polar surface area (TPSA) is 73.2 Å². The fourth-order valence-corrected chi connectivity index (χ4v) is 5.26. The van der Waals surface area contributed by atoms with Crippen LogP contribution in [0.15, 0.2) is 24.3 Å². The molecular weight excluding hydrogens is 350 g/mol. The van der Waals surface area contributed by atoms with E-state index in [0.29, 0.717) is 25.4 Å². The van der Waals surface area contributed by atoms with Gasteiger partial charge >= 0.3 is 0 Å². The minimum atomic E-state index is -0.433. The number of nitrogens with zero attached hydrogens (tertiary/aromatic N) is 2. The van der Waals surface area contributed by atoms with Crippen LogP contribution in [0.25, 0.3) is 0 Å². The van der Waals surface area contributed by atoms with E-state index in [2.05, 4.69) is 35.7 Å². The van der Waals surface area contributed by atoms with Gasteiger partial charge in [-0.25, -0.2) is 0 Å². The van der Waals surface area contributed by atoms with E-state index in [1.165, 1.54) is 11.1 Å². The maximum Gasteiger partial charge on any atom is 0.241 e. The summed E-state index contributed by atoms with van der Waals surface area (Å²) >= 11 is 0. The monoisotopic (exact) mass is 379 g/mol. The molecule has 3 atom stereocenters. The lowest BCUT2D eigenvalue weighted by molar-refractivity contribution is -0.137. The summed E-state index contributed by atoms with van der Waals surface area (Å²) in [6, 6.07) is 10.1. The Labute approximate surface area is 167 Å². The van der Waals surface area contributed by atoms with Gasteiger partial charge in [0, 0.05) is 18.9 Å². The first-order valence-corrected chi connectivity index (χ1v) is 10.7. The second-order valence-corrected chi connectivity index (χ2v) is 8.55. The minimum Gasteiger partial charge on any atom is -0.325 e. The van der Waals surface area contributed by atoms with Crippen LogP contribution in [0.4, 0.5) is 0 Å². The van der Waals surface area contributed by atoms with Crippen molar-refractivity contribution in [2.45, 2.75) is 63.5 Å². The Morgan fingerprint density at radius 1 is 1.18 bits per heavy atom. The average Bonchev–Trinajstić information content (AvgIpc) is 3.45. The number of carbonyl (C=O) groups is 2. The van der Waals surface area contributed by atoms with Gasteiger partial charge in [-0.3, -0.25) is 9.59 Å². The first kappa shape index (κ1) is 19.1. The van der Waals surface area contributed by atoms with Gasteiger partial charge in [0.2, 0.25) is 5.91 Å². The van der Waals surface area contributed by atoms with E-state index in [1.54, 1.807) is 4.90 Å². The number of likely N-dealkylation sites (tertiary alicyclic amines) is 1. The van der Waals surface area contributed by atoms with Crippen LogP contribution in [0.3, 0.4) is 0 Å². The van der Waals surface area contributed by atoms with Crippen molar-refractivity contribution in [2.24, 2.45) is 11.8 Å². The van der Waals surface area contributed by atoms with Gasteiger partial charge in [-0.2, -0.15) is 5.26 Å². The molecule has 5 heteroatoms. The van der Waals surface area contributed by atoms with E-state index in [9.17, 15) is 14.9 Å². The summed E-state index contributed by atoms with van der Waals surface area (Å²) in [6.07, 6.45) is 7.14. The molecule has 1 unspecified atom stereocenters. The molecule has 4 rings (SSSR count). The third-order valence-electron chi connectivity index (χ3n) is 6.76. The van der Waals surface area contributed by atoms with Crippen molar-refractivity contribution in [3.8, 4) is 6.07 Å². The molecule has 2 saturated heterocycles. The Morgan fingerprint density at radius 3 is 2.64 bits per heavy atom. The highest BCUT2D eigenvalue weighted by molar-refractivity contribution is 5.92. The molecule has 2 heterocycles. The van der Waals surface area contributed by atoms with E-state index in [0.717, 1.165) is 44.9 Å². The molecule has 1 aromatic carbocycles. The average molecular weight is 380 g/mol. The van der Waals surface area contributed by atoms with Gasteiger partial charge in [-0.05, 0) is 68.5 Å². The molecule has 1 N–H and O–H groups in total. The molecule has 2 aliphatic heterocycles. The number of fused-ring (bicyclic) bond motifs is 1. The highest BCUT2D eigenvalue weighted by Crippen LogP contribution is 2.30. The second kappa shape index (κ2) is 8.45. The van der Waals surface area contributed by atoms with Gasteiger partial charge in [-0.1, -0.05) is 24.3 Å². The predicted octanol–water partition coefficient (Wildman–Crippen LogP) is 2.63. The van der Waals surface area contributed by atoms with Crippen LogP contribution in [0.5, 0.6) is 0 Å². The number of benzene rings is 1. The van der Waals surface area contributed by atoms with Crippen molar-refractivity contribution in [1.82, 2.24) is 10.2 Å². The molecule has 0 bridgehead atoms. The van der Waals surface area contributed by atoms with Crippen LogP contribution in [-0.4, -0.2) is 41.8 Å². The van der Waals surface area contributed by atoms with Crippen LogP contribution in [0.2, 0.25) is 0 Å². The van der Waals surface area contributed by atoms with Crippen LogP contribution in [0, 0.1) is 23.2 Å². The smallest absolute Gasteiger partial charge is 0.241 e. The predicted molar refractivity (Wildman–Crippen MR) is 106 cm³/mol. The molecule has 2 fully saturated rings. The van der Waals surface area contributed by atoms with Crippen molar-refractivity contribution in [1.29, 1.82) is 5.26 Å².